The number of halogens is 1. The van der Waals surface area contributed by atoms with Gasteiger partial charge in [0, 0.05) is 0 Å². The lowest BCUT2D eigenvalue weighted by atomic mass is 10.2. The van der Waals surface area contributed by atoms with Gasteiger partial charge >= 0.3 is 0 Å². The van der Waals surface area contributed by atoms with E-state index in [2.05, 4.69) is 0 Å². The van der Waals surface area contributed by atoms with Crippen LogP contribution in [0.25, 0.3) is 0 Å². The summed E-state index contributed by atoms with van der Waals surface area (Å²) in [5, 5.41) is 0. The Morgan fingerprint density at radius 3 is 2.82 bits per heavy atom. The normalized spacial score (nSPS) is 10.8. The molecular weight excluding hydrogens is 162 g/mol. The van der Waals surface area contributed by atoms with Crippen LogP contribution in [0.4, 0.5) is 4.39 Å². The monoisotopic (exact) mass is 172 g/mol. The Morgan fingerprint density at radius 2 is 2.18 bits per heavy atom. The molecule has 0 amide bonds. The fourth-order valence-electron chi connectivity index (χ4n) is 0.799. The minimum absolute atomic E-state index is 0.287. The summed E-state index contributed by atoms with van der Waals surface area (Å²) >= 11 is 0. The first-order valence-electron chi connectivity index (χ1n) is 3.34. The summed E-state index contributed by atoms with van der Waals surface area (Å²) in [6, 6.07) is 4.84. The molecule has 1 rings (SSSR count). The molecule has 1 unspecified atom stereocenters. The number of rotatable bonds is 2. The highest BCUT2D eigenvalue weighted by Gasteiger charge is 2.00. The Labute approximate surface area is 67.4 Å². The molecule has 0 aliphatic heterocycles. The van der Waals surface area contributed by atoms with Gasteiger partial charge < -0.3 is 4.52 Å². The first-order chi connectivity index (χ1) is 5.24. The van der Waals surface area contributed by atoms with Crippen molar-refractivity contribution in [1.29, 1.82) is 0 Å². The zero-order valence-electron chi connectivity index (χ0n) is 6.52. The molecule has 1 nitrogen and oxygen atoms in total. The van der Waals surface area contributed by atoms with E-state index < -0.39 is 0 Å². The second kappa shape index (κ2) is 3.68. The number of aryl methyl sites for hydroxylation is 1. The smallest absolute Gasteiger partial charge is 0.165 e. The maximum Gasteiger partial charge on any atom is 0.165 e. The lowest BCUT2D eigenvalue weighted by Gasteiger charge is -2.03. The lowest BCUT2D eigenvalue weighted by molar-refractivity contribution is 0.536. The molecule has 1 aromatic rings. The van der Waals surface area contributed by atoms with E-state index in [4.69, 9.17) is 4.52 Å². The molecule has 11 heavy (non-hydrogen) atoms. The molecule has 0 bridgehead atoms. The first kappa shape index (κ1) is 8.48. The van der Waals surface area contributed by atoms with Crippen LogP contribution in [0.2, 0.25) is 0 Å². The molecule has 1 aromatic carbocycles. The molecule has 60 valence electrons. The highest BCUT2D eigenvalue weighted by atomic mass is 31.1. The van der Waals surface area contributed by atoms with E-state index in [0.717, 1.165) is 5.56 Å². The van der Waals surface area contributed by atoms with Crippen LogP contribution >= 0.6 is 8.81 Å². The van der Waals surface area contributed by atoms with E-state index in [0.29, 0.717) is 5.75 Å². The molecule has 0 aromatic heterocycles. The van der Waals surface area contributed by atoms with E-state index in [1.54, 1.807) is 12.1 Å². The molecule has 0 N–H and O–H groups in total. The number of hydrogen-bond acceptors (Lipinski definition) is 1. The van der Waals surface area contributed by atoms with Gasteiger partial charge in [0.1, 0.15) is 0 Å². The van der Waals surface area contributed by atoms with Gasteiger partial charge in [-0.3, -0.25) is 0 Å². The van der Waals surface area contributed by atoms with Gasteiger partial charge in [-0.2, -0.15) is 0 Å². The second-order valence-electron chi connectivity index (χ2n) is 2.24. The Balaban J connectivity index is 2.93. The van der Waals surface area contributed by atoms with Gasteiger partial charge in [0.2, 0.25) is 0 Å². The second-order valence-corrected chi connectivity index (χ2v) is 2.85. The molecular formula is C8H10FOP. The van der Waals surface area contributed by atoms with E-state index in [9.17, 15) is 4.39 Å². The molecule has 0 aliphatic carbocycles. The molecule has 0 saturated carbocycles. The fraction of sp³-hybridized carbons (Fsp3) is 0.250. The SMILES string of the molecule is CPOc1cc(C)ccc1F. The summed E-state index contributed by atoms with van der Waals surface area (Å²) in [5.41, 5.74) is 1.01. The van der Waals surface area contributed by atoms with Crippen LogP contribution in [0.5, 0.6) is 5.75 Å². The van der Waals surface area contributed by atoms with Crippen molar-refractivity contribution in [1.82, 2.24) is 0 Å². The Bertz CT molecular complexity index is 250. The van der Waals surface area contributed by atoms with Crippen LogP contribution < -0.4 is 4.52 Å². The summed E-state index contributed by atoms with van der Waals surface area (Å²) in [6.45, 7) is 3.77. The molecule has 0 heterocycles. The van der Waals surface area contributed by atoms with Crippen molar-refractivity contribution in [3.8, 4) is 5.75 Å². The van der Waals surface area contributed by atoms with Gasteiger partial charge in [-0.05, 0) is 31.3 Å². The third kappa shape index (κ3) is 2.16. The van der Waals surface area contributed by atoms with E-state index >= 15 is 0 Å². The largest absolute Gasteiger partial charge is 0.474 e. The first-order valence-corrected chi connectivity index (χ1v) is 4.74. The topological polar surface area (TPSA) is 9.23 Å². The highest BCUT2D eigenvalue weighted by Crippen LogP contribution is 2.23. The molecule has 1 atom stereocenters. The summed E-state index contributed by atoms with van der Waals surface area (Å²) < 4.78 is 17.9. The maximum absolute atomic E-state index is 12.8. The zero-order chi connectivity index (χ0) is 8.27. The van der Waals surface area contributed by atoms with Gasteiger partial charge in [0.05, 0.1) is 8.81 Å². The van der Waals surface area contributed by atoms with Crippen molar-refractivity contribution in [2.24, 2.45) is 0 Å². The molecule has 0 spiro atoms. The predicted molar refractivity (Wildman–Crippen MR) is 46.0 cm³/mol. The van der Waals surface area contributed by atoms with Gasteiger partial charge in [-0.15, -0.1) is 0 Å². The average molecular weight is 172 g/mol. The van der Waals surface area contributed by atoms with Crippen molar-refractivity contribution in [2.45, 2.75) is 6.92 Å². The van der Waals surface area contributed by atoms with Gasteiger partial charge in [0.15, 0.2) is 11.6 Å². The van der Waals surface area contributed by atoms with Crippen molar-refractivity contribution < 1.29 is 8.91 Å². The minimum Gasteiger partial charge on any atom is -0.474 e. The van der Waals surface area contributed by atoms with Crippen LogP contribution in [-0.4, -0.2) is 6.66 Å². The fourth-order valence-corrected chi connectivity index (χ4v) is 1.18. The zero-order valence-corrected chi connectivity index (χ0v) is 7.52. The Morgan fingerprint density at radius 1 is 1.45 bits per heavy atom. The summed E-state index contributed by atoms with van der Waals surface area (Å²) in [7, 11) is 0.288. The lowest BCUT2D eigenvalue weighted by Crippen LogP contribution is -1.84. The van der Waals surface area contributed by atoms with Crippen molar-refractivity contribution in [3.63, 3.8) is 0 Å². The third-order valence-electron chi connectivity index (χ3n) is 1.30. The molecule has 0 radical (unpaired) electrons. The third-order valence-corrected chi connectivity index (χ3v) is 1.72. The molecule has 0 saturated heterocycles. The van der Waals surface area contributed by atoms with Gasteiger partial charge in [-0.1, -0.05) is 6.07 Å². The average Bonchev–Trinajstić information content (AvgIpc) is 1.98. The van der Waals surface area contributed by atoms with Crippen molar-refractivity contribution >= 4 is 8.81 Å². The van der Waals surface area contributed by atoms with E-state index in [1.165, 1.54) is 6.07 Å². The van der Waals surface area contributed by atoms with E-state index in [1.807, 2.05) is 13.6 Å². The quantitative estimate of drug-likeness (QED) is 0.623. The molecule has 3 heteroatoms. The highest BCUT2D eigenvalue weighted by molar-refractivity contribution is 7.31. The number of hydrogen-bond donors (Lipinski definition) is 0. The summed E-state index contributed by atoms with van der Waals surface area (Å²) in [5.74, 6) is 0.0655. The molecule has 0 aliphatic rings. The standard InChI is InChI=1S/C8H10FOP/c1-6-3-4-7(9)8(5-6)10-11-2/h3-5,11H,1-2H3. The van der Waals surface area contributed by atoms with Crippen molar-refractivity contribution in [3.05, 3.63) is 29.6 Å². The van der Waals surface area contributed by atoms with Gasteiger partial charge in [0.25, 0.3) is 0 Å². The van der Waals surface area contributed by atoms with Crippen molar-refractivity contribution in [2.75, 3.05) is 6.66 Å². The van der Waals surface area contributed by atoms with Crippen LogP contribution in [-0.2, 0) is 0 Å². The summed E-state index contributed by atoms with van der Waals surface area (Å²) in [4.78, 5) is 0. The van der Waals surface area contributed by atoms with Crippen LogP contribution in [0, 0.1) is 12.7 Å². The van der Waals surface area contributed by atoms with Crippen LogP contribution in [0.3, 0.4) is 0 Å². The predicted octanol–water partition coefficient (Wildman–Crippen LogP) is 2.74. The molecule has 0 fully saturated rings. The Kier molecular flexibility index (Phi) is 2.84. The van der Waals surface area contributed by atoms with E-state index in [-0.39, 0.29) is 14.6 Å². The maximum atomic E-state index is 12.8. The number of benzene rings is 1. The minimum atomic E-state index is -0.287. The summed E-state index contributed by atoms with van der Waals surface area (Å²) in [6.07, 6.45) is 0. The van der Waals surface area contributed by atoms with Crippen LogP contribution in [0.15, 0.2) is 18.2 Å². The van der Waals surface area contributed by atoms with Gasteiger partial charge in [-0.25, -0.2) is 4.39 Å². The van der Waals surface area contributed by atoms with Crippen LogP contribution in [0.1, 0.15) is 5.56 Å². The Hall–Kier alpha value is -0.620.